The molecule has 2 heterocycles. The van der Waals surface area contributed by atoms with Crippen LogP contribution in [0.3, 0.4) is 0 Å². The minimum absolute atomic E-state index is 0.0522. The average Bonchev–Trinajstić information content (AvgIpc) is 2.69. The molecule has 8 heteroatoms. The number of aliphatic carboxylic acids is 1. The van der Waals surface area contributed by atoms with Gasteiger partial charge < -0.3 is 14.6 Å². The summed E-state index contributed by atoms with van der Waals surface area (Å²) < 4.78 is 10.2. The molecule has 0 spiro atoms. The highest BCUT2D eigenvalue weighted by atomic mass is 32.1. The minimum Gasteiger partial charge on any atom is -0.479 e. The molecule has 0 aliphatic carbocycles. The minimum atomic E-state index is -1.22. The fourth-order valence-corrected chi connectivity index (χ4v) is 2.38. The summed E-state index contributed by atoms with van der Waals surface area (Å²) in [5.74, 6) is -1.98. The summed E-state index contributed by atoms with van der Waals surface area (Å²) in [6, 6.07) is -1.22. The van der Waals surface area contributed by atoms with Gasteiger partial charge in [0.05, 0.1) is 19.4 Å². The van der Waals surface area contributed by atoms with Gasteiger partial charge >= 0.3 is 11.9 Å². The van der Waals surface area contributed by atoms with Gasteiger partial charge in [0, 0.05) is 10.9 Å². The molecule has 1 amide bonds. The number of esters is 1. The van der Waals surface area contributed by atoms with Crippen LogP contribution in [0.15, 0.2) is 11.3 Å². The summed E-state index contributed by atoms with van der Waals surface area (Å²) in [5, 5.41) is 10.4. The largest absolute Gasteiger partial charge is 0.479 e. The van der Waals surface area contributed by atoms with Crippen LogP contribution in [0.25, 0.3) is 0 Å². The van der Waals surface area contributed by atoms with Crippen molar-refractivity contribution in [1.29, 1.82) is 0 Å². The van der Waals surface area contributed by atoms with Crippen LogP contribution in [0.5, 0.6) is 0 Å². The van der Waals surface area contributed by atoms with Crippen molar-refractivity contribution in [3.8, 4) is 0 Å². The van der Waals surface area contributed by atoms with Crippen molar-refractivity contribution in [3.05, 3.63) is 11.3 Å². The van der Waals surface area contributed by atoms with Gasteiger partial charge in [-0.1, -0.05) is 12.2 Å². The first kappa shape index (κ1) is 14.4. The molecule has 0 saturated carbocycles. The number of rotatable bonds is 5. The van der Waals surface area contributed by atoms with Crippen LogP contribution < -0.4 is 0 Å². The Balaban J connectivity index is 2.29. The van der Waals surface area contributed by atoms with Crippen molar-refractivity contribution in [2.75, 3.05) is 6.61 Å². The van der Waals surface area contributed by atoms with Gasteiger partial charge in [0.25, 0.3) is 0 Å². The molecule has 2 fully saturated rings. The van der Waals surface area contributed by atoms with Crippen molar-refractivity contribution in [3.63, 3.8) is 0 Å². The predicted octanol–water partition coefficient (Wildman–Crippen LogP) is 0.235. The summed E-state index contributed by atoms with van der Waals surface area (Å²) in [7, 11) is 0. The standard InChI is InChI=1S/C12H13NO6S/c1-2-18-9(15)3-6(5-20)11-10(12(16)17)13-7(14)4-8(13)19-11/h5,8,10H,2-4H2,1H3,(H,16,17). The zero-order valence-corrected chi connectivity index (χ0v) is 11.5. The SMILES string of the molecule is CCOC(=O)CC(C=S)=C1OC2CC(=O)N2C1C(=O)O. The van der Waals surface area contributed by atoms with E-state index in [9.17, 15) is 19.5 Å². The summed E-state index contributed by atoms with van der Waals surface area (Å²) in [6.07, 6.45) is -0.617. The van der Waals surface area contributed by atoms with Gasteiger partial charge in [0.1, 0.15) is 5.76 Å². The molecule has 2 saturated heterocycles. The molecular weight excluding hydrogens is 286 g/mol. The van der Waals surface area contributed by atoms with E-state index in [1.165, 1.54) is 5.37 Å². The Bertz CT molecular complexity index is 514. The zero-order valence-electron chi connectivity index (χ0n) is 10.7. The number of thiocarbonyl (C=S) groups is 1. The second kappa shape index (κ2) is 5.58. The lowest BCUT2D eigenvalue weighted by molar-refractivity contribution is -0.163. The number of fused-ring (bicyclic) bond motifs is 1. The van der Waals surface area contributed by atoms with E-state index in [4.69, 9.17) is 21.7 Å². The van der Waals surface area contributed by atoms with E-state index >= 15 is 0 Å². The van der Waals surface area contributed by atoms with Crippen molar-refractivity contribution in [1.82, 2.24) is 4.90 Å². The van der Waals surface area contributed by atoms with Crippen LogP contribution in [0, 0.1) is 0 Å². The van der Waals surface area contributed by atoms with Gasteiger partial charge in [0.2, 0.25) is 5.91 Å². The molecule has 108 valence electrons. The van der Waals surface area contributed by atoms with E-state index in [1.54, 1.807) is 6.92 Å². The van der Waals surface area contributed by atoms with Crippen LogP contribution in [-0.4, -0.2) is 52.1 Å². The molecule has 2 atom stereocenters. The zero-order chi connectivity index (χ0) is 14.9. The molecule has 0 radical (unpaired) electrons. The third-order valence-corrected chi connectivity index (χ3v) is 3.35. The maximum atomic E-state index is 11.5. The average molecular weight is 299 g/mol. The lowest BCUT2D eigenvalue weighted by Crippen LogP contribution is -2.54. The Labute approximate surface area is 120 Å². The molecule has 7 nitrogen and oxygen atoms in total. The monoisotopic (exact) mass is 299 g/mol. The van der Waals surface area contributed by atoms with Crippen LogP contribution in [0.4, 0.5) is 0 Å². The molecule has 2 aliphatic heterocycles. The first-order valence-electron chi connectivity index (χ1n) is 6.04. The molecule has 0 aromatic heterocycles. The number of ether oxygens (including phenoxy) is 2. The van der Waals surface area contributed by atoms with Gasteiger partial charge in [0.15, 0.2) is 12.3 Å². The van der Waals surface area contributed by atoms with Gasteiger partial charge in [-0.25, -0.2) is 4.79 Å². The molecule has 20 heavy (non-hydrogen) atoms. The number of carbonyl (C=O) groups is 3. The van der Waals surface area contributed by atoms with Crippen LogP contribution in [0.1, 0.15) is 19.8 Å². The molecule has 1 N–H and O–H groups in total. The van der Waals surface area contributed by atoms with Crippen LogP contribution >= 0.6 is 12.2 Å². The Kier molecular flexibility index (Phi) is 4.03. The van der Waals surface area contributed by atoms with Crippen LogP contribution in [0.2, 0.25) is 0 Å². The highest BCUT2D eigenvalue weighted by molar-refractivity contribution is 7.79. The van der Waals surface area contributed by atoms with E-state index in [0.29, 0.717) is 0 Å². The number of carboxylic acids is 1. The molecular formula is C12H13NO6S. The Hall–Kier alpha value is -1.96. The Morgan fingerprint density at radius 2 is 2.30 bits per heavy atom. The number of carbonyl (C=O) groups excluding carboxylic acids is 2. The van der Waals surface area contributed by atoms with Crippen molar-refractivity contribution < 1.29 is 29.0 Å². The Morgan fingerprint density at radius 1 is 1.60 bits per heavy atom. The van der Waals surface area contributed by atoms with Crippen molar-refractivity contribution >= 4 is 35.4 Å². The summed E-state index contributed by atoms with van der Waals surface area (Å²) in [4.78, 5) is 35.4. The van der Waals surface area contributed by atoms with E-state index < -0.39 is 24.2 Å². The topological polar surface area (TPSA) is 93.1 Å². The van der Waals surface area contributed by atoms with Crippen molar-refractivity contribution in [2.24, 2.45) is 0 Å². The highest BCUT2D eigenvalue weighted by Gasteiger charge is 2.54. The smallest absolute Gasteiger partial charge is 0.334 e. The lowest BCUT2D eigenvalue weighted by atomic mass is 10.1. The second-order valence-electron chi connectivity index (χ2n) is 4.31. The normalized spacial score (nSPS) is 26.2. The maximum absolute atomic E-state index is 11.5. The second-order valence-corrected chi connectivity index (χ2v) is 4.54. The fraction of sp³-hybridized carbons (Fsp3) is 0.500. The Morgan fingerprint density at radius 3 is 2.80 bits per heavy atom. The lowest BCUT2D eigenvalue weighted by Gasteiger charge is -2.33. The number of amides is 1. The van der Waals surface area contributed by atoms with Gasteiger partial charge in [-0.2, -0.15) is 0 Å². The maximum Gasteiger partial charge on any atom is 0.334 e. The highest BCUT2D eigenvalue weighted by Crippen LogP contribution is 2.38. The third-order valence-electron chi connectivity index (χ3n) is 3.07. The van der Waals surface area contributed by atoms with Crippen molar-refractivity contribution in [2.45, 2.75) is 32.0 Å². The first-order chi connectivity index (χ1) is 9.49. The van der Waals surface area contributed by atoms with Gasteiger partial charge in [-0.3, -0.25) is 14.5 Å². The molecule has 0 aromatic carbocycles. The number of carboxylic acid groups (broad SMARTS) is 1. The summed E-state index contributed by atoms with van der Waals surface area (Å²) in [5.41, 5.74) is 0.257. The first-order valence-corrected chi connectivity index (χ1v) is 6.51. The summed E-state index contributed by atoms with van der Waals surface area (Å²) in [6.45, 7) is 1.88. The number of hydrogen-bond donors (Lipinski definition) is 1. The quantitative estimate of drug-likeness (QED) is 0.336. The number of nitrogens with zero attached hydrogens (tertiary/aromatic N) is 1. The number of β-lactam (4-membered cyclic amide) rings is 1. The van der Waals surface area contributed by atoms with Gasteiger partial charge in [-0.05, 0) is 6.92 Å². The molecule has 2 unspecified atom stereocenters. The van der Waals surface area contributed by atoms with Gasteiger partial charge in [-0.15, -0.1) is 0 Å². The summed E-state index contributed by atoms with van der Waals surface area (Å²) >= 11 is 4.81. The fourth-order valence-electron chi connectivity index (χ4n) is 2.18. The third kappa shape index (κ3) is 2.38. The molecule has 0 bridgehead atoms. The van der Waals surface area contributed by atoms with E-state index in [2.05, 4.69) is 0 Å². The molecule has 2 aliphatic rings. The predicted molar refractivity (Wildman–Crippen MR) is 69.7 cm³/mol. The molecule has 0 aromatic rings. The van der Waals surface area contributed by atoms with E-state index in [0.717, 1.165) is 4.90 Å². The van der Waals surface area contributed by atoms with E-state index in [-0.39, 0.29) is 36.7 Å². The van der Waals surface area contributed by atoms with Crippen LogP contribution in [-0.2, 0) is 23.9 Å². The van der Waals surface area contributed by atoms with E-state index in [1.807, 2.05) is 0 Å². The molecule has 2 rings (SSSR count). The number of hydrogen-bond acceptors (Lipinski definition) is 6.